The van der Waals surface area contributed by atoms with Gasteiger partial charge in [0.2, 0.25) is 5.78 Å². The van der Waals surface area contributed by atoms with Gasteiger partial charge in [-0.15, -0.1) is 0 Å². The molecule has 6 heteroatoms. The van der Waals surface area contributed by atoms with Crippen molar-refractivity contribution in [1.82, 2.24) is 14.4 Å². The summed E-state index contributed by atoms with van der Waals surface area (Å²) < 4.78 is 1.40. The molecule has 2 heterocycles. The predicted molar refractivity (Wildman–Crippen MR) is 47.8 cm³/mol. The molecule has 0 radical (unpaired) electrons. The van der Waals surface area contributed by atoms with Gasteiger partial charge in [-0.3, -0.25) is 4.40 Å². The first-order chi connectivity index (χ1) is 6.72. The van der Waals surface area contributed by atoms with E-state index in [4.69, 9.17) is 10.8 Å². The number of aromatic nitrogens is 3. The van der Waals surface area contributed by atoms with Crippen molar-refractivity contribution >= 4 is 11.7 Å². The van der Waals surface area contributed by atoms with Crippen LogP contribution >= 0.6 is 0 Å². The lowest BCUT2D eigenvalue weighted by Crippen LogP contribution is -2.10. The van der Waals surface area contributed by atoms with Crippen LogP contribution < -0.4 is 5.73 Å². The van der Waals surface area contributed by atoms with Crippen LogP contribution in [0.3, 0.4) is 0 Å². The fourth-order valence-corrected chi connectivity index (χ4v) is 1.22. The molecule has 2 rings (SSSR count). The standard InChI is InChI=1S/C8H8N4O2/c9-4-5-3-6(7(13)14)12-2-1-10-8(12)11-5/h1-3H,4,9H2,(H,13,14). The molecule has 0 saturated carbocycles. The molecule has 0 spiro atoms. The Morgan fingerprint density at radius 3 is 3.07 bits per heavy atom. The van der Waals surface area contributed by atoms with E-state index in [1.807, 2.05) is 0 Å². The van der Waals surface area contributed by atoms with E-state index in [1.165, 1.54) is 16.7 Å². The highest BCUT2D eigenvalue weighted by Gasteiger charge is 2.10. The molecule has 0 bridgehead atoms. The summed E-state index contributed by atoms with van der Waals surface area (Å²) in [5.74, 6) is -0.671. The van der Waals surface area contributed by atoms with Crippen LogP contribution in [0.4, 0.5) is 0 Å². The molecule has 0 amide bonds. The second-order valence-corrected chi connectivity index (χ2v) is 2.74. The number of imidazole rings is 1. The summed E-state index contributed by atoms with van der Waals surface area (Å²) in [6.07, 6.45) is 3.04. The van der Waals surface area contributed by atoms with Crippen molar-refractivity contribution in [3.63, 3.8) is 0 Å². The minimum atomic E-state index is -1.02. The zero-order valence-electron chi connectivity index (χ0n) is 7.21. The van der Waals surface area contributed by atoms with Crippen LogP contribution in [0.25, 0.3) is 5.78 Å². The van der Waals surface area contributed by atoms with Crippen molar-refractivity contribution in [2.24, 2.45) is 5.73 Å². The highest BCUT2D eigenvalue weighted by Crippen LogP contribution is 2.06. The van der Waals surface area contributed by atoms with Crippen LogP contribution in [0.2, 0.25) is 0 Å². The van der Waals surface area contributed by atoms with Gasteiger partial charge in [0.25, 0.3) is 0 Å². The molecule has 72 valence electrons. The van der Waals surface area contributed by atoms with Crippen LogP contribution in [-0.4, -0.2) is 25.4 Å². The van der Waals surface area contributed by atoms with Gasteiger partial charge >= 0.3 is 5.97 Å². The Morgan fingerprint density at radius 1 is 1.64 bits per heavy atom. The predicted octanol–water partition coefficient (Wildman–Crippen LogP) is -0.114. The third-order valence-electron chi connectivity index (χ3n) is 1.86. The molecule has 0 aliphatic heterocycles. The normalized spacial score (nSPS) is 10.6. The number of hydrogen-bond acceptors (Lipinski definition) is 4. The van der Waals surface area contributed by atoms with E-state index in [0.717, 1.165) is 0 Å². The van der Waals surface area contributed by atoms with Gasteiger partial charge in [0.1, 0.15) is 5.69 Å². The van der Waals surface area contributed by atoms with E-state index >= 15 is 0 Å². The molecular formula is C8H8N4O2. The van der Waals surface area contributed by atoms with E-state index in [0.29, 0.717) is 11.5 Å². The quantitative estimate of drug-likeness (QED) is 0.692. The average molecular weight is 192 g/mol. The van der Waals surface area contributed by atoms with Gasteiger partial charge < -0.3 is 10.8 Å². The maximum Gasteiger partial charge on any atom is 0.353 e. The van der Waals surface area contributed by atoms with E-state index in [9.17, 15) is 4.79 Å². The van der Waals surface area contributed by atoms with E-state index in [2.05, 4.69) is 9.97 Å². The van der Waals surface area contributed by atoms with E-state index in [1.54, 1.807) is 6.20 Å². The average Bonchev–Trinajstić information content (AvgIpc) is 2.63. The van der Waals surface area contributed by atoms with Gasteiger partial charge in [0.05, 0.1) is 5.69 Å². The van der Waals surface area contributed by atoms with Gasteiger partial charge in [-0.25, -0.2) is 14.8 Å². The number of carbonyl (C=O) groups is 1. The lowest BCUT2D eigenvalue weighted by molar-refractivity contribution is 0.0688. The first kappa shape index (κ1) is 8.64. The number of nitrogens with two attached hydrogens (primary N) is 1. The molecule has 0 aliphatic rings. The Hall–Kier alpha value is -1.95. The maximum atomic E-state index is 10.9. The van der Waals surface area contributed by atoms with Crippen LogP contribution in [0, 0.1) is 0 Å². The zero-order valence-corrected chi connectivity index (χ0v) is 7.21. The summed E-state index contributed by atoms with van der Waals surface area (Å²) in [5.41, 5.74) is 6.02. The Morgan fingerprint density at radius 2 is 2.43 bits per heavy atom. The summed E-state index contributed by atoms with van der Waals surface area (Å²) in [6.45, 7) is 0.198. The van der Waals surface area contributed by atoms with Gasteiger partial charge in [-0.1, -0.05) is 0 Å². The molecule has 0 atom stereocenters. The Kier molecular flexibility index (Phi) is 1.90. The van der Waals surface area contributed by atoms with E-state index in [-0.39, 0.29) is 12.2 Å². The van der Waals surface area contributed by atoms with Crippen molar-refractivity contribution in [2.45, 2.75) is 6.54 Å². The fraction of sp³-hybridized carbons (Fsp3) is 0.125. The number of aromatic carboxylic acids is 1. The molecule has 0 unspecified atom stereocenters. The lowest BCUT2D eigenvalue weighted by atomic mass is 10.3. The van der Waals surface area contributed by atoms with Gasteiger partial charge in [-0.2, -0.15) is 0 Å². The molecule has 0 aliphatic carbocycles. The maximum absolute atomic E-state index is 10.9. The minimum absolute atomic E-state index is 0.118. The Labute approximate surface area is 79.0 Å². The minimum Gasteiger partial charge on any atom is -0.477 e. The van der Waals surface area contributed by atoms with Crippen molar-refractivity contribution < 1.29 is 9.90 Å². The number of hydrogen-bond donors (Lipinski definition) is 2. The Balaban J connectivity index is 2.76. The highest BCUT2D eigenvalue weighted by atomic mass is 16.4. The molecule has 14 heavy (non-hydrogen) atoms. The molecule has 3 N–H and O–H groups in total. The van der Waals surface area contributed by atoms with Crippen LogP contribution in [0.15, 0.2) is 18.5 Å². The third kappa shape index (κ3) is 1.21. The smallest absolute Gasteiger partial charge is 0.353 e. The van der Waals surface area contributed by atoms with Gasteiger partial charge in [0, 0.05) is 18.9 Å². The number of carboxylic acid groups (broad SMARTS) is 1. The van der Waals surface area contributed by atoms with Crippen molar-refractivity contribution in [2.75, 3.05) is 0 Å². The first-order valence-corrected chi connectivity index (χ1v) is 3.98. The number of fused-ring (bicyclic) bond motifs is 1. The summed E-state index contributed by atoms with van der Waals surface area (Å²) in [4.78, 5) is 18.8. The number of carboxylic acids is 1. The van der Waals surface area contributed by atoms with Crippen LogP contribution in [-0.2, 0) is 6.54 Å². The summed E-state index contributed by atoms with van der Waals surface area (Å²) in [5, 5.41) is 8.90. The van der Waals surface area contributed by atoms with Crippen LogP contribution in [0.1, 0.15) is 16.2 Å². The van der Waals surface area contributed by atoms with Gasteiger partial charge in [0.15, 0.2) is 0 Å². The molecule has 2 aromatic heterocycles. The molecule has 0 saturated heterocycles. The molecule has 0 fully saturated rings. The topological polar surface area (TPSA) is 93.5 Å². The SMILES string of the molecule is NCc1cc(C(=O)O)n2ccnc2n1. The zero-order chi connectivity index (χ0) is 10.1. The first-order valence-electron chi connectivity index (χ1n) is 3.98. The Bertz CT molecular complexity index is 491. The number of rotatable bonds is 2. The fourth-order valence-electron chi connectivity index (χ4n) is 1.22. The highest BCUT2D eigenvalue weighted by molar-refractivity contribution is 5.86. The molecule has 6 nitrogen and oxygen atoms in total. The monoisotopic (exact) mass is 192 g/mol. The van der Waals surface area contributed by atoms with Gasteiger partial charge in [-0.05, 0) is 6.07 Å². The van der Waals surface area contributed by atoms with Crippen molar-refractivity contribution in [1.29, 1.82) is 0 Å². The molecular weight excluding hydrogens is 184 g/mol. The largest absolute Gasteiger partial charge is 0.477 e. The summed E-state index contributed by atoms with van der Waals surface area (Å²) >= 11 is 0. The van der Waals surface area contributed by atoms with Crippen molar-refractivity contribution in [3.05, 3.63) is 29.8 Å². The number of nitrogens with zero attached hydrogens (tertiary/aromatic N) is 3. The molecule has 2 aromatic rings. The van der Waals surface area contributed by atoms with Crippen LogP contribution in [0.5, 0.6) is 0 Å². The van der Waals surface area contributed by atoms with E-state index < -0.39 is 5.97 Å². The molecule has 0 aromatic carbocycles. The summed E-state index contributed by atoms with van der Waals surface area (Å²) in [6, 6.07) is 1.44. The van der Waals surface area contributed by atoms with Crippen molar-refractivity contribution in [3.8, 4) is 0 Å². The second kappa shape index (κ2) is 3.08. The summed E-state index contributed by atoms with van der Waals surface area (Å²) in [7, 11) is 0. The third-order valence-corrected chi connectivity index (χ3v) is 1.86. The second-order valence-electron chi connectivity index (χ2n) is 2.74. The lowest BCUT2D eigenvalue weighted by Gasteiger charge is -2.02.